The van der Waals surface area contributed by atoms with Crippen LogP contribution in [0.3, 0.4) is 0 Å². The lowest BCUT2D eigenvalue weighted by molar-refractivity contribution is 0.124. The molecule has 0 amide bonds. The molecule has 1 saturated carbocycles. The predicted octanol–water partition coefficient (Wildman–Crippen LogP) is 13.0. The highest BCUT2D eigenvalue weighted by atomic mass is 14.9. The van der Waals surface area contributed by atoms with Gasteiger partial charge in [-0.2, -0.15) is 0 Å². The molecule has 0 bridgehead atoms. The smallest absolute Gasteiger partial charge is 0.000954 e. The van der Waals surface area contributed by atoms with Crippen LogP contribution in [0.15, 0.2) is 106 Å². The van der Waals surface area contributed by atoms with Gasteiger partial charge in [-0.1, -0.05) is 92.5 Å². The van der Waals surface area contributed by atoms with Crippen LogP contribution in [0.4, 0.5) is 0 Å². The molecule has 0 aromatic carbocycles. The lowest BCUT2D eigenvalue weighted by Crippen LogP contribution is -2.38. The second kappa shape index (κ2) is 18.7. The Morgan fingerprint density at radius 3 is 2.63 bits per heavy atom. The Morgan fingerprint density at radius 1 is 1.17 bits per heavy atom. The van der Waals surface area contributed by atoms with Gasteiger partial charge in [-0.05, 0) is 164 Å². The maximum Gasteiger partial charge on any atom is 0.000954 e. The van der Waals surface area contributed by atoms with Gasteiger partial charge in [0, 0.05) is 12.0 Å². The fourth-order valence-electron chi connectivity index (χ4n) is 7.74. The lowest BCUT2D eigenvalue weighted by atomic mass is 9.61. The molecule has 2 fully saturated rings. The minimum atomic E-state index is 0.0188. The van der Waals surface area contributed by atoms with Crippen molar-refractivity contribution in [2.45, 2.75) is 139 Å². The molecule has 0 spiro atoms. The normalized spacial score (nSPS) is 24.4. The van der Waals surface area contributed by atoms with Crippen LogP contribution in [0.25, 0.3) is 0 Å². The Balaban J connectivity index is 1.72. The van der Waals surface area contributed by atoms with Crippen LogP contribution in [0.1, 0.15) is 139 Å². The lowest BCUT2D eigenvalue weighted by Gasteiger charge is -2.42. The highest BCUT2D eigenvalue weighted by Gasteiger charge is 2.47. The van der Waals surface area contributed by atoms with Gasteiger partial charge in [-0.25, -0.2) is 0 Å². The highest BCUT2D eigenvalue weighted by molar-refractivity contribution is 5.41. The minimum Gasteiger partial charge on any atom is -0.316 e. The molecule has 0 aromatic heterocycles. The van der Waals surface area contributed by atoms with Gasteiger partial charge in [0.25, 0.3) is 0 Å². The van der Waals surface area contributed by atoms with Crippen molar-refractivity contribution in [2.75, 3.05) is 13.1 Å². The highest BCUT2D eigenvalue weighted by Crippen LogP contribution is 2.49. The molecule has 1 saturated heterocycles. The number of hydrogen-bond donors (Lipinski definition) is 1. The molecule has 3 atom stereocenters. The van der Waals surface area contributed by atoms with Crippen LogP contribution in [-0.4, -0.2) is 13.1 Å². The molecule has 46 heavy (non-hydrogen) atoms. The Bertz CT molecular complexity index is 1320. The summed E-state index contributed by atoms with van der Waals surface area (Å²) >= 11 is 0. The molecule has 1 heteroatoms. The van der Waals surface area contributed by atoms with E-state index < -0.39 is 0 Å². The Kier molecular flexibility index (Phi) is 15.4. The summed E-state index contributed by atoms with van der Waals surface area (Å²) in [6, 6.07) is 0. The standard InChI is InChI=1S/C45H67N/c1-10-14-16-18-36(6)39(13-4)25-22-35(5)26-29-44(8,28-12-3)43-33-46-34-45(43,9)30-27-40-20-17-21-42(32-38-23-24-38)41(19-15-11-2)31-37(40)7/h10,13-14,17-18,26,28,31,38,43,46H,3,11,15-16,19-20,22-25,27,29-30,32-34H2,1-2,4-9H3. The molecule has 3 unspecified atom stereocenters. The van der Waals surface area contributed by atoms with Crippen LogP contribution in [0.5, 0.6) is 0 Å². The van der Waals surface area contributed by atoms with Crippen molar-refractivity contribution in [3.8, 4) is 0 Å². The van der Waals surface area contributed by atoms with E-state index in [4.69, 9.17) is 0 Å². The van der Waals surface area contributed by atoms with Crippen molar-refractivity contribution in [1.29, 1.82) is 0 Å². The molecule has 1 heterocycles. The van der Waals surface area contributed by atoms with Gasteiger partial charge in [0.15, 0.2) is 0 Å². The Hall–Kier alpha value is -2.56. The average Bonchev–Trinajstić information content (AvgIpc) is 3.76. The third kappa shape index (κ3) is 11.3. The molecular formula is C45H67N. The van der Waals surface area contributed by atoms with Crippen LogP contribution >= 0.6 is 0 Å². The fraction of sp³-hybridized carbons (Fsp3) is 0.600. The molecule has 1 N–H and O–H groups in total. The number of nitrogens with one attached hydrogen (secondary N) is 1. The minimum absolute atomic E-state index is 0.0188. The molecule has 3 rings (SSSR count). The molecule has 1 nitrogen and oxygen atoms in total. The van der Waals surface area contributed by atoms with E-state index in [9.17, 15) is 0 Å². The summed E-state index contributed by atoms with van der Waals surface area (Å²) in [6.45, 7) is 24.7. The van der Waals surface area contributed by atoms with E-state index in [1.165, 1.54) is 72.8 Å². The van der Waals surface area contributed by atoms with Gasteiger partial charge < -0.3 is 5.32 Å². The van der Waals surface area contributed by atoms with E-state index >= 15 is 0 Å². The van der Waals surface area contributed by atoms with E-state index in [-0.39, 0.29) is 10.8 Å². The quantitative estimate of drug-likeness (QED) is 0.0912. The summed E-state index contributed by atoms with van der Waals surface area (Å²) in [6.07, 6.45) is 34.1. The molecule has 252 valence electrons. The van der Waals surface area contributed by atoms with Crippen LogP contribution < -0.4 is 5.32 Å². The average molecular weight is 622 g/mol. The van der Waals surface area contributed by atoms with Crippen LogP contribution in [0.2, 0.25) is 0 Å². The molecule has 1 aliphatic heterocycles. The second-order valence-electron chi connectivity index (χ2n) is 15.2. The van der Waals surface area contributed by atoms with Crippen molar-refractivity contribution >= 4 is 0 Å². The first-order chi connectivity index (χ1) is 22.1. The van der Waals surface area contributed by atoms with E-state index in [1.54, 1.807) is 11.1 Å². The number of allylic oxidation sites excluding steroid dienone is 14. The van der Waals surface area contributed by atoms with Gasteiger partial charge in [-0.15, -0.1) is 11.5 Å². The van der Waals surface area contributed by atoms with Gasteiger partial charge in [-0.3, -0.25) is 0 Å². The monoisotopic (exact) mass is 622 g/mol. The van der Waals surface area contributed by atoms with E-state index in [0.717, 1.165) is 57.5 Å². The summed E-state index contributed by atoms with van der Waals surface area (Å²) in [5.74, 6) is 1.44. The van der Waals surface area contributed by atoms with Gasteiger partial charge in [0.1, 0.15) is 0 Å². The Morgan fingerprint density at radius 2 is 1.96 bits per heavy atom. The number of hydrogen-bond acceptors (Lipinski definition) is 1. The topological polar surface area (TPSA) is 12.0 Å². The van der Waals surface area contributed by atoms with E-state index in [1.807, 2.05) is 0 Å². The van der Waals surface area contributed by atoms with Crippen molar-refractivity contribution in [1.82, 2.24) is 5.32 Å². The third-order valence-electron chi connectivity index (χ3n) is 11.2. The summed E-state index contributed by atoms with van der Waals surface area (Å²) < 4.78 is 0. The zero-order chi connectivity index (χ0) is 33.6. The SMILES string of the molecule is C=C=CC(C)(CC=C(C)CCC(=CC)C(C)=CCC=CC)C1CNCC1(C)CCC1=C(C)C=C(CCCC)C(CC2CC2)=C=CC1. The summed E-state index contributed by atoms with van der Waals surface area (Å²) in [4.78, 5) is 0. The van der Waals surface area contributed by atoms with Crippen molar-refractivity contribution in [3.05, 3.63) is 106 Å². The van der Waals surface area contributed by atoms with E-state index in [0.29, 0.717) is 5.92 Å². The summed E-state index contributed by atoms with van der Waals surface area (Å²) in [7, 11) is 0. The summed E-state index contributed by atoms with van der Waals surface area (Å²) in [5.41, 5.74) is 17.8. The fourth-order valence-corrected chi connectivity index (χ4v) is 7.74. The first kappa shape index (κ1) is 37.9. The first-order valence-electron chi connectivity index (χ1n) is 18.6. The van der Waals surface area contributed by atoms with Crippen LogP contribution in [0, 0.1) is 22.7 Å². The summed E-state index contributed by atoms with van der Waals surface area (Å²) in [5, 5.41) is 3.82. The third-order valence-corrected chi connectivity index (χ3v) is 11.2. The Labute approximate surface area is 284 Å². The molecule has 2 aliphatic carbocycles. The van der Waals surface area contributed by atoms with E-state index in [2.05, 4.69) is 127 Å². The van der Waals surface area contributed by atoms with Crippen LogP contribution in [-0.2, 0) is 0 Å². The van der Waals surface area contributed by atoms with Crippen molar-refractivity contribution in [3.63, 3.8) is 0 Å². The zero-order valence-electron chi connectivity index (χ0n) is 31.1. The van der Waals surface area contributed by atoms with Crippen molar-refractivity contribution < 1.29 is 0 Å². The van der Waals surface area contributed by atoms with Crippen molar-refractivity contribution in [2.24, 2.45) is 22.7 Å². The number of rotatable bonds is 18. The van der Waals surface area contributed by atoms with Gasteiger partial charge in [0.05, 0.1) is 0 Å². The first-order valence-corrected chi connectivity index (χ1v) is 18.6. The second-order valence-corrected chi connectivity index (χ2v) is 15.2. The predicted molar refractivity (Wildman–Crippen MR) is 204 cm³/mol. The van der Waals surface area contributed by atoms with Gasteiger partial charge in [0.2, 0.25) is 0 Å². The molecule has 0 radical (unpaired) electrons. The number of unbranched alkanes of at least 4 members (excludes halogenated alkanes) is 1. The molecule has 0 aromatic rings. The molecule has 3 aliphatic rings. The molecular weight excluding hydrogens is 555 g/mol. The maximum atomic E-state index is 4.05. The van der Waals surface area contributed by atoms with Gasteiger partial charge >= 0.3 is 0 Å². The largest absolute Gasteiger partial charge is 0.316 e. The maximum absolute atomic E-state index is 4.05. The zero-order valence-corrected chi connectivity index (χ0v) is 31.1.